The third-order valence-corrected chi connectivity index (χ3v) is 3.86. The Hall–Kier alpha value is -1.95. The molecule has 6 nitrogen and oxygen atoms in total. The highest BCUT2D eigenvalue weighted by Gasteiger charge is 2.32. The number of aromatic nitrogens is 1. The molecular weight excluding hydrogens is 270 g/mol. The van der Waals surface area contributed by atoms with E-state index in [1.54, 1.807) is 30.3 Å². The summed E-state index contributed by atoms with van der Waals surface area (Å²) in [5.41, 5.74) is 6.71. The molecule has 114 valence electrons. The molecule has 21 heavy (non-hydrogen) atoms. The predicted octanol–water partition coefficient (Wildman–Crippen LogP) is 0.743. The summed E-state index contributed by atoms with van der Waals surface area (Å²) in [5, 5.41) is 0. The number of carbonyl (C=O) groups is 2. The molecule has 2 N–H and O–H groups in total. The first-order chi connectivity index (χ1) is 10.0. The van der Waals surface area contributed by atoms with Gasteiger partial charge in [-0.15, -0.1) is 0 Å². The van der Waals surface area contributed by atoms with Crippen LogP contribution in [0.1, 0.15) is 28.9 Å². The highest BCUT2D eigenvalue weighted by molar-refractivity contribution is 5.94. The molecule has 0 aromatic carbocycles. The third-order valence-electron chi connectivity index (χ3n) is 3.86. The van der Waals surface area contributed by atoms with Crippen LogP contribution >= 0.6 is 0 Å². The van der Waals surface area contributed by atoms with Gasteiger partial charge in [0.1, 0.15) is 0 Å². The summed E-state index contributed by atoms with van der Waals surface area (Å²) in [4.78, 5) is 29.6. The van der Waals surface area contributed by atoms with Gasteiger partial charge in [0.15, 0.2) is 0 Å². The lowest BCUT2D eigenvalue weighted by molar-refractivity contribution is -0.121. The van der Waals surface area contributed by atoms with Crippen LogP contribution in [0.3, 0.4) is 0 Å². The SMILES string of the molecule is CO[C@@H]1CCN(C(=O)c2ccnc(C)c2)C[C@H]1CC(N)=O. The second-order valence-corrected chi connectivity index (χ2v) is 5.43. The van der Waals surface area contributed by atoms with E-state index in [0.29, 0.717) is 25.1 Å². The molecule has 2 amide bonds. The summed E-state index contributed by atoms with van der Waals surface area (Å²) in [6.45, 7) is 2.96. The molecule has 1 fully saturated rings. The van der Waals surface area contributed by atoms with E-state index in [2.05, 4.69) is 4.98 Å². The highest BCUT2D eigenvalue weighted by atomic mass is 16.5. The first-order valence-electron chi connectivity index (χ1n) is 7.04. The Bertz CT molecular complexity index is 533. The summed E-state index contributed by atoms with van der Waals surface area (Å²) >= 11 is 0. The zero-order valence-electron chi connectivity index (χ0n) is 12.4. The Morgan fingerprint density at radius 1 is 1.52 bits per heavy atom. The maximum absolute atomic E-state index is 12.5. The molecule has 0 aliphatic carbocycles. The second-order valence-electron chi connectivity index (χ2n) is 5.43. The predicted molar refractivity (Wildman–Crippen MR) is 77.6 cm³/mol. The van der Waals surface area contributed by atoms with E-state index in [-0.39, 0.29) is 30.3 Å². The van der Waals surface area contributed by atoms with Crippen molar-refractivity contribution in [3.8, 4) is 0 Å². The van der Waals surface area contributed by atoms with Gasteiger partial charge >= 0.3 is 0 Å². The molecule has 0 bridgehead atoms. The number of ether oxygens (including phenoxy) is 1. The van der Waals surface area contributed by atoms with Gasteiger partial charge in [0.05, 0.1) is 6.10 Å². The fraction of sp³-hybridized carbons (Fsp3) is 0.533. The minimum atomic E-state index is -0.365. The van der Waals surface area contributed by atoms with Gasteiger partial charge in [-0.25, -0.2) is 0 Å². The number of likely N-dealkylation sites (tertiary alicyclic amines) is 1. The van der Waals surface area contributed by atoms with Crippen LogP contribution in [0.25, 0.3) is 0 Å². The van der Waals surface area contributed by atoms with Crippen molar-refractivity contribution >= 4 is 11.8 Å². The van der Waals surface area contributed by atoms with Gasteiger partial charge < -0.3 is 15.4 Å². The number of amides is 2. The van der Waals surface area contributed by atoms with Gasteiger partial charge in [0, 0.05) is 50.0 Å². The summed E-state index contributed by atoms with van der Waals surface area (Å²) in [6.07, 6.45) is 2.55. The Morgan fingerprint density at radius 2 is 2.29 bits per heavy atom. The van der Waals surface area contributed by atoms with Crippen LogP contribution in [0.2, 0.25) is 0 Å². The van der Waals surface area contributed by atoms with Crippen molar-refractivity contribution in [1.82, 2.24) is 9.88 Å². The molecule has 1 saturated heterocycles. The van der Waals surface area contributed by atoms with E-state index < -0.39 is 0 Å². The lowest BCUT2D eigenvalue weighted by Crippen LogP contribution is -2.47. The van der Waals surface area contributed by atoms with E-state index in [9.17, 15) is 9.59 Å². The summed E-state index contributed by atoms with van der Waals surface area (Å²) in [6, 6.07) is 3.48. The number of rotatable bonds is 4. The molecule has 0 spiro atoms. The van der Waals surface area contributed by atoms with Crippen molar-refractivity contribution in [3.63, 3.8) is 0 Å². The van der Waals surface area contributed by atoms with Crippen LogP contribution < -0.4 is 5.73 Å². The monoisotopic (exact) mass is 291 g/mol. The zero-order valence-corrected chi connectivity index (χ0v) is 12.4. The number of hydrogen-bond acceptors (Lipinski definition) is 4. The third kappa shape index (κ3) is 3.78. The maximum atomic E-state index is 12.5. The number of hydrogen-bond donors (Lipinski definition) is 1. The number of methoxy groups -OCH3 is 1. The normalized spacial score (nSPS) is 22.1. The van der Waals surface area contributed by atoms with E-state index in [4.69, 9.17) is 10.5 Å². The molecule has 0 radical (unpaired) electrons. The van der Waals surface area contributed by atoms with Crippen molar-refractivity contribution in [3.05, 3.63) is 29.6 Å². The molecule has 1 aromatic heterocycles. The Balaban J connectivity index is 2.10. The Morgan fingerprint density at radius 3 is 2.90 bits per heavy atom. The van der Waals surface area contributed by atoms with Crippen molar-refractivity contribution in [1.29, 1.82) is 0 Å². The fourth-order valence-electron chi connectivity index (χ4n) is 2.82. The lowest BCUT2D eigenvalue weighted by atomic mass is 9.91. The summed E-state index contributed by atoms with van der Waals surface area (Å²) in [5.74, 6) is -0.450. The van der Waals surface area contributed by atoms with Crippen molar-refractivity contribution in [2.45, 2.75) is 25.9 Å². The molecule has 2 heterocycles. The molecular formula is C15H21N3O3. The number of carbonyl (C=O) groups excluding carboxylic acids is 2. The lowest BCUT2D eigenvalue weighted by Gasteiger charge is -2.37. The van der Waals surface area contributed by atoms with E-state index in [1.165, 1.54) is 0 Å². The average Bonchev–Trinajstić information content (AvgIpc) is 2.46. The topological polar surface area (TPSA) is 85.5 Å². The summed E-state index contributed by atoms with van der Waals surface area (Å²) < 4.78 is 5.40. The first-order valence-corrected chi connectivity index (χ1v) is 7.04. The maximum Gasteiger partial charge on any atom is 0.253 e. The second kappa shape index (κ2) is 6.67. The summed E-state index contributed by atoms with van der Waals surface area (Å²) in [7, 11) is 1.63. The Labute approximate surface area is 124 Å². The van der Waals surface area contributed by atoms with Gasteiger partial charge in [-0.1, -0.05) is 0 Å². The van der Waals surface area contributed by atoms with Crippen LogP contribution in [0.15, 0.2) is 18.3 Å². The van der Waals surface area contributed by atoms with Gasteiger partial charge in [0.25, 0.3) is 5.91 Å². The molecule has 2 atom stereocenters. The standard InChI is InChI=1S/C15H21N3O3/c1-10-7-11(3-5-17-10)15(20)18-6-4-13(21-2)12(9-18)8-14(16)19/h3,5,7,12-13H,4,6,8-9H2,1-2H3,(H2,16,19)/t12-,13-/m1/s1. The number of piperidine rings is 1. The van der Waals surface area contributed by atoms with Crippen LogP contribution in [-0.4, -0.2) is 48.0 Å². The smallest absolute Gasteiger partial charge is 0.253 e. The van der Waals surface area contributed by atoms with Gasteiger partial charge in [-0.05, 0) is 25.5 Å². The van der Waals surface area contributed by atoms with Crippen LogP contribution in [0.5, 0.6) is 0 Å². The fourth-order valence-corrected chi connectivity index (χ4v) is 2.82. The number of nitrogens with zero attached hydrogens (tertiary/aromatic N) is 2. The molecule has 0 saturated carbocycles. The molecule has 2 rings (SSSR count). The van der Waals surface area contributed by atoms with Crippen molar-refractivity contribution in [2.75, 3.05) is 20.2 Å². The number of pyridine rings is 1. The highest BCUT2D eigenvalue weighted by Crippen LogP contribution is 2.24. The number of nitrogens with two attached hydrogens (primary N) is 1. The molecule has 0 unspecified atom stereocenters. The quantitative estimate of drug-likeness (QED) is 0.886. The molecule has 1 aliphatic rings. The van der Waals surface area contributed by atoms with Crippen LogP contribution in [-0.2, 0) is 9.53 Å². The zero-order chi connectivity index (χ0) is 15.4. The number of aryl methyl sites for hydroxylation is 1. The number of primary amides is 1. The van der Waals surface area contributed by atoms with Gasteiger partial charge in [0.2, 0.25) is 5.91 Å². The molecule has 1 aliphatic heterocycles. The van der Waals surface area contributed by atoms with Crippen molar-refractivity contribution in [2.24, 2.45) is 11.7 Å². The minimum absolute atomic E-state index is 0.0271. The van der Waals surface area contributed by atoms with E-state index in [1.807, 2.05) is 6.92 Å². The van der Waals surface area contributed by atoms with Crippen LogP contribution in [0.4, 0.5) is 0 Å². The van der Waals surface area contributed by atoms with Crippen LogP contribution in [0, 0.1) is 12.8 Å². The minimum Gasteiger partial charge on any atom is -0.381 e. The van der Waals surface area contributed by atoms with E-state index >= 15 is 0 Å². The van der Waals surface area contributed by atoms with Crippen molar-refractivity contribution < 1.29 is 14.3 Å². The average molecular weight is 291 g/mol. The largest absolute Gasteiger partial charge is 0.381 e. The molecule has 6 heteroatoms. The Kier molecular flexibility index (Phi) is 4.90. The van der Waals surface area contributed by atoms with E-state index in [0.717, 1.165) is 5.69 Å². The molecule has 1 aromatic rings. The first kappa shape index (κ1) is 15.4. The van der Waals surface area contributed by atoms with Gasteiger partial charge in [-0.3, -0.25) is 14.6 Å². The van der Waals surface area contributed by atoms with Gasteiger partial charge in [-0.2, -0.15) is 0 Å².